The molecular weight excluding hydrogens is 182 g/mol. The van der Waals surface area contributed by atoms with E-state index in [9.17, 15) is 0 Å². The molecule has 0 saturated carbocycles. The van der Waals surface area contributed by atoms with Gasteiger partial charge < -0.3 is 5.32 Å². The van der Waals surface area contributed by atoms with Gasteiger partial charge in [-0.05, 0) is 56.0 Å². The maximum absolute atomic E-state index is 3.22. The molecule has 0 spiro atoms. The minimum absolute atomic E-state index is 0.265. The van der Waals surface area contributed by atoms with Crippen LogP contribution in [0.3, 0.4) is 0 Å². The highest BCUT2D eigenvalue weighted by Gasteiger charge is 2.19. The van der Waals surface area contributed by atoms with Gasteiger partial charge in [-0.15, -0.1) is 0 Å². The summed E-state index contributed by atoms with van der Waals surface area (Å²) in [6.45, 7) is 10.1. The standard InChI is InChI=1S/C14H23N/c1-11-6-7-13(10-12(11)2)14(3,4)8-9-15-5/h6-7,10,15H,8-9H2,1-5H3. The van der Waals surface area contributed by atoms with Gasteiger partial charge in [0.2, 0.25) is 0 Å². The average molecular weight is 205 g/mol. The van der Waals surface area contributed by atoms with Gasteiger partial charge in [-0.2, -0.15) is 0 Å². The zero-order chi connectivity index (χ0) is 11.5. The molecule has 0 aromatic heterocycles. The van der Waals surface area contributed by atoms with Crippen molar-refractivity contribution in [1.29, 1.82) is 0 Å². The molecule has 0 amide bonds. The van der Waals surface area contributed by atoms with Crippen molar-refractivity contribution < 1.29 is 0 Å². The fourth-order valence-electron chi connectivity index (χ4n) is 1.74. The second-order valence-corrected chi connectivity index (χ2v) is 5.04. The molecule has 0 heterocycles. The smallest absolute Gasteiger partial charge is 0.00436 e. The normalized spacial score (nSPS) is 11.8. The summed E-state index contributed by atoms with van der Waals surface area (Å²) in [7, 11) is 2.01. The monoisotopic (exact) mass is 205 g/mol. The van der Waals surface area contributed by atoms with E-state index in [1.54, 1.807) is 0 Å². The Labute approximate surface area is 93.9 Å². The van der Waals surface area contributed by atoms with Crippen molar-refractivity contribution in [2.75, 3.05) is 13.6 Å². The van der Waals surface area contributed by atoms with Gasteiger partial charge in [0.25, 0.3) is 0 Å². The Balaban J connectivity index is 2.89. The first kappa shape index (κ1) is 12.3. The van der Waals surface area contributed by atoms with E-state index in [2.05, 4.69) is 51.2 Å². The van der Waals surface area contributed by atoms with Crippen LogP contribution in [0.15, 0.2) is 18.2 Å². The van der Waals surface area contributed by atoms with Crippen molar-refractivity contribution in [1.82, 2.24) is 5.32 Å². The lowest BCUT2D eigenvalue weighted by atomic mass is 9.80. The molecule has 0 unspecified atom stereocenters. The first-order chi connectivity index (χ1) is 6.97. The third kappa shape index (κ3) is 3.07. The highest BCUT2D eigenvalue weighted by molar-refractivity contribution is 5.33. The maximum atomic E-state index is 3.22. The van der Waals surface area contributed by atoms with E-state index in [1.807, 2.05) is 7.05 Å². The predicted molar refractivity (Wildman–Crippen MR) is 67.5 cm³/mol. The van der Waals surface area contributed by atoms with Crippen LogP contribution in [0.1, 0.15) is 37.0 Å². The van der Waals surface area contributed by atoms with Gasteiger partial charge in [-0.3, -0.25) is 0 Å². The molecule has 1 nitrogen and oxygen atoms in total. The average Bonchev–Trinajstić information content (AvgIpc) is 2.19. The fourth-order valence-corrected chi connectivity index (χ4v) is 1.74. The Morgan fingerprint density at radius 2 is 1.80 bits per heavy atom. The van der Waals surface area contributed by atoms with E-state index in [-0.39, 0.29) is 5.41 Å². The van der Waals surface area contributed by atoms with Crippen molar-refractivity contribution in [3.8, 4) is 0 Å². The first-order valence-electron chi connectivity index (χ1n) is 5.70. The van der Waals surface area contributed by atoms with Crippen LogP contribution in [-0.2, 0) is 5.41 Å². The van der Waals surface area contributed by atoms with Crippen LogP contribution in [-0.4, -0.2) is 13.6 Å². The molecule has 1 aromatic carbocycles. The summed E-state index contributed by atoms with van der Waals surface area (Å²) in [5, 5.41) is 3.22. The SMILES string of the molecule is CNCCC(C)(C)c1ccc(C)c(C)c1. The van der Waals surface area contributed by atoms with Crippen molar-refractivity contribution in [3.63, 3.8) is 0 Å². The number of rotatable bonds is 4. The molecule has 0 radical (unpaired) electrons. The molecular formula is C14H23N. The molecule has 0 aliphatic heterocycles. The van der Waals surface area contributed by atoms with Crippen molar-refractivity contribution >= 4 is 0 Å². The van der Waals surface area contributed by atoms with Crippen LogP contribution in [0.5, 0.6) is 0 Å². The number of hydrogen-bond donors (Lipinski definition) is 1. The van der Waals surface area contributed by atoms with E-state index in [1.165, 1.54) is 23.1 Å². The number of benzene rings is 1. The summed E-state index contributed by atoms with van der Waals surface area (Å²) in [6, 6.07) is 6.81. The van der Waals surface area contributed by atoms with Crippen LogP contribution < -0.4 is 5.32 Å². The van der Waals surface area contributed by atoms with Crippen LogP contribution in [0.4, 0.5) is 0 Å². The maximum Gasteiger partial charge on any atom is -0.00436 e. The molecule has 0 bridgehead atoms. The van der Waals surface area contributed by atoms with E-state index in [0.29, 0.717) is 0 Å². The topological polar surface area (TPSA) is 12.0 Å². The van der Waals surface area contributed by atoms with Crippen molar-refractivity contribution in [2.24, 2.45) is 0 Å². The Morgan fingerprint density at radius 3 is 2.33 bits per heavy atom. The minimum Gasteiger partial charge on any atom is -0.320 e. The predicted octanol–water partition coefficient (Wildman–Crippen LogP) is 3.19. The van der Waals surface area contributed by atoms with Crippen molar-refractivity contribution in [2.45, 2.75) is 39.5 Å². The van der Waals surface area contributed by atoms with Gasteiger partial charge in [0.05, 0.1) is 0 Å². The van der Waals surface area contributed by atoms with E-state index in [4.69, 9.17) is 0 Å². The molecule has 0 fully saturated rings. The summed E-state index contributed by atoms with van der Waals surface area (Å²) >= 11 is 0. The number of hydrogen-bond acceptors (Lipinski definition) is 1. The van der Waals surface area contributed by atoms with Gasteiger partial charge in [-0.25, -0.2) is 0 Å². The Hall–Kier alpha value is -0.820. The molecule has 0 aliphatic carbocycles. The van der Waals surface area contributed by atoms with E-state index >= 15 is 0 Å². The molecule has 1 aromatic rings. The molecule has 1 rings (SSSR count). The molecule has 0 aliphatic rings. The second-order valence-electron chi connectivity index (χ2n) is 5.04. The molecule has 15 heavy (non-hydrogen) atoms. The Kier molecular flexibility index (Phi) is 3.92. The van der Waals surface area contributed by atoms with Crippen LogP contribution >= 0.6 is 0 Å². The highest BCUT2D eigenvalue weighted by atomic mass is 14.8. The third-order valence-electron chi connectivity index (χ3n) is 3.29. The van der Waals surface area contributed by atoms with Gasteiger partial charge in [0.1, 0.15) is 0 Å². The lowest BCUT2D eigenvalue weighted by Gasteiger charge is -2.26. The second kappa shape index (κ2) is 4.80. The van der Waals surface area contributed by atoms with E-state index < -0.39 is 0 Å². The summed E-state index contributed by atoms with van der Waals surface area (Å²) < 4.78 is 0. The van der Waals surface area contributed by atoms with Gasteiger partial charge in [0, 0.05) is 0 Å². The van der Waals surface area contributed by atoms with Crippen LogP contribution in [0.2, 0.25) is 0 Å². The molecule has 1 heteroatoms. The van der Waals surface area contributed by atoms with Gasteiger partial charge in [0.15, 0.2) is 0 Å². The van der Waals surface area contributed by atoms with Gasteiger partial charge >= 0.3 is 0 Å². The highest BCUT2D eigenvalue weighted by Crippen LogP contribution is 2.27. The summed E-state index contributed by atoms with van der Waals surface area (Å²) in [4.78, 5) is 0. The van der Waals surface area contributed by atoms with Crippen LogP contribution in [0.25, 0.3) is 0 Å². The quantitative estimate of drug-likeness (QED) is 0.796. The number of aryl methyl sites for hydroxylation is 2. The lowest BCUT2D eigenvalue weighted by Crippen LogP contribution is -2.23. The van der Waals surface area contributed by atoms with E-state index in [0.717, 1.165) is 6.54 Å². The fraction of sp³-hybridized carbons (Fsp3) is 0.571. The zero-order valence-electron chi connectivity index (χ0n) is 10.6. The van der Waals surface area contributed by atoms with Gasteiger partial charge in [-0.1, -0.05) is 32.0 Å². The Morgan fingerprint density at radius 1 is 1.13 bits per heavy atom. The molecule has 0 saturated heterocycles. The third-order valence-corrected chi connectivity index (χ3v) is 3.29. The summed E-state index contributed by atoms with van der Waals surface area (Å²) in [5.41, 5.74) is 4.48. The Bertz CT molecular complexity index is 326. The van der Waals surface area contributed by atoms with Crippen molar-refractivity contribution in [3.05, 3.63) is 34.9 Å². The van der Waals surface area contributed by atoms with Crippen LogP contribution in [0, 0.1) is 13.8 Å². The first-order valence-corrected chi connectivity index (χ1v) is 5.70. The summed E-state index contributed by atoms with van der Waals surface area (Å²) in [6.07, 6.45) is 1.17. The molecule has 84 valence electrons. The largest absolute Gasteiger partial charge is 0.320 e. The lowest BCUT2D eigenvalue weighted by molar-refractivity contribution is 0.468. The molecule has 0 atom stereocenters. The zero-order valence-corrected chi connectivity index (χ0v) is 10.6. The number of nitrogens with one attached hydrogen (secondary N) is 1. The minimum atomic E-state index is 0.265. The molecule has 1 N–H and O–H groups in total. The summed E-state index contributed by atoms with van der Waals surface area (Å²) in [5.74, 6) is 0.